The van der Waals surface area contributed by atoms with E-state index in [1.807, 2.05) is 0 Å². The molecule has 2 radical (unpaired) electrons. The van der Waals surface area contributed by atoms with Crippen molar-refractivity contribution in [2.75, 3.05) is 0 Å². The first-order chi connectivity index (χ1) is 4.83. The van der Waals surface area contributed by atoms with Gasteiger partial charge in [-0.2, -0.15) is 0 Å². The van der Waals surface area contributed by atoms with Crippen LogP contribution in [0.25, 0.3) is 0 Å². The molecule has 1 aromatic carbocycles. The van der Waals surface area contributed by atoms with Crippen LogP contribution in [0.4, 0.5) is 0 Å². The van der Waals surface area contributed by atoms with Crippen LogP contribution in [-0.4, -0.2) is 9.52 Å². The van der Waals surface area contributed by atoms with Crippen molar-refractivity contribution < 1.29 is 0 Å². The molecule has 0 unspecified atom stereocenters. The van der Waals surface area contributed by atoms with Crippen molar-refractivity contribution >= 4 is 14.7 Å². The maximum Gasteiger partial charge on any atom is 0.0805 e. The fourth-order valence-corrected chi connectivity index (χ4v) is 1.69. The molecular weight excluding hydrogens is 136 g/mol. The average Bonchev–Trinajstić information content (AvgIpc) is 1.95. The highest BCUT2D eigenvalue weighted by molar-refractivity contribution is 6.53. The van der Waals surface area contributed by atoms with Crippen LogP contribution >= 0.6 is 0 Å². The van der Waals surface area contributed by atoms with Crippen molar-refractivity contribution in [3.05, 3.63) is 29.8 Å². The van der Waals surface area contributed by atoms with Crippen molar-refractivity contribution in [3.8, 4) is 0 Å². The summed E-state index contributed by atoms with van der Waals surface area (Å²) in [6.07, 6.45) is 0. The molecule has 1 heteroatoms. The van der Waals surface area contributed by atoms with Gasteiger partial charge in [0.1, 0.15) is 0 Å². The van der Waals surface area contributed by atoms with Crippen molar-refractivity contribution in [3.63, 3.8) is 0 Å². The second-order valence-electron chi connectivity index (χ2n) is 2.40. The molecule has 0 N–H and O–H groups in total. The molecule has 0 nitrogen and oxygen atoms in total. The molecule has 0 saturated carbocycles. The molecule has 0 atom stereocenters. The van der Waals surface area contributed by atoms with E-state index >= 15 is 0 Å². The van der Waals surface area contributed by atoms with E-state index in [0.717, 1.165) is 9.52 Å². The SMILES string of the molecule is CC[Si]c1ccc(C)cc1. The lowest BCUT2D eigenvalue weighted by Gasteiger charge is -1.96. The molecule has 0 aliphatic rings. The lowest BCUT2D eigenvalue weighted by molar-refractivity contribution is 1.45. The van der Waals surface area contributed by atoms with E-state index in [4.69, 9.17) is 0 Å². The van der Waals surface area contributed by atoms with E-state index in [1.54, 1.807) is 0 Å². The van der Waals surface area contributed by atoms with Gasteiger partial charge < -0.3 is 0 Å². The Bertz CT molecular complexity index is 188. The quantitative estimate of drug-likeness (QED) is 0.561. The van der Waals surface area contributed by atoms with Crippen LogP contribution in [-0.2, 0) is 0 Å². The zero-order valence-corrected chi connectivity index (χ0v) is 7.52. The third-order valence-corrected chi connectivity index (χ3v) is 2.53. The van der Waals surface area contributed by atoms with Crippen molar-refractivity contribution in [1.29, 1.82) is 0 Å². The highest BCUT2D eigenvalue weighted by atomic mass is 28.2. The largest absolute Gasteiger partial charge is 0.0805 e. The smallest absolute Gasteiger partial charge is 0.0679 e. The Morgan fingerprint density at radius 3 is 2.30 bits per heavy atom. The molecule has 52 valence electrons. The Labute approximate surface area is 65.1 Å². The maximum atomic E-state index is 2.22. The van der Waals surface area contributed by atoms with E-state index in [-0.39, 0.29) is 0 Å². The van der Waals surface area contributed by atoms with Gasteiger partial charge in [-0.25, -0.2) is 0 Å². The summed E-state index contributed by atoms with van der Waals surface area (Å²) in [5.74, 6) is 0. The van der Waals surface area contributed by atoms with Gasteiger partial charge in [0.25, 0.3) is 0 Å². The zero-order chi connectivity index (χ0) is 7.40. The van der Waals surface area contributed by atoms with E-state index in [2.05, 4.69) is 38.1 Å². The molecule has 0 fully saturated rings. The Morgan fingerprint density at radius 1 is 1.20 bits per heavy atom. The summed E-state index contributed by atoms with van der Waals surface area (Å²) in [5.41, 5.74) is 1.35. The van der Waals surface area contributed by atoms with Gasteiger partial charge in [0.05, 0.1) is 9.52 Å². The highest BCUT2D eigenvalue weighted by Gasteiger charge is 1.89. The Morgan fingerprint density at radius 2 is 1.80 bits per heavy atom. The number of hydrogen-bond donors (Lipinski definition) is 0. The summed E-state index contributed by atoms with van der Waals surface area (Å²) in [5, 5.41) is 1.48. The second-order valence-corrected chi connectivity index (χ2v) is 4.03. The Balaban J connectivity index is 2.69. The first kappa shape index (κ1) is 7.54. The van der Waals surface area contributed by atoms with Crippen molar-refractivity contribution in [2.45, 2.75) is 19.9 Å². The molecule has 0 amide bonds. The number of rotatable bonds is 2. The molecule has 0 heterocycles. The number of aryl methyl sites for hydroxylation is 1. The molecule has 0 aliphatic carbocycles. The van der Waals surface area contributed by atoms with Gasteiger partial charge in [0.15, 0.2) is 0 Å². The minimum atomic E-state index is 0.983. The normalized spacial score (nSPS) is 9.80. The van der Waals surface area contributed by atoms with E-state index in [0.29, 0.717) is 0 Å². The van der Waals surface area contributed by atoms with E-state index in [1.165, 1.54) is 16.8 Å². The number of benzene rings is 1. The van der Waals surface area contributed by atoms with Crippen LogP contribution in [0.3, 0.4) is 0 Å². The average molecular weight is 148 g/mol. The first-order valence-corrected chi connectivity index (χ1v) is 4.84. The first-order valence-electron chi connectivity index (χ1n) is 3.63. The van der Waals surface area contributed by atoms with E-state index < -0.39 is 0 Å². The predicted octanol–water partition coefficient (Wildman–Crippen LogP) is 1.76. The van der Waals surface area contributed by atoms with Gasteiger partial charge in [0.2, 0.25) is 0 Å². The predicted molar refractivity (Wildman–Crippen MR) is 47.0 cm³/mol. The van der Waals surface area contributed by atoms with Crippen LogP contribution in [0.1, 0.15) is 12.5 Å². The van der Waals surface area contributed by atoms with Gasteiger partial charge >= 0.3 is 0 Å². The Kier molecular flexibility index (Phi) is 2.69. The Hall–Kier alpha value is -0.563. The fourth-order valence-electron chi connectivity index (χ4n) is 0.876. The third kappa shape index (κ3) is 1.99. The monoisotopic (exact) mass is 148 g/mol. The van der Waals surface area contributed by atoms with Crippen LogP contribution in [0.5, 0.6) is 0 Å². The minimum Gasteiger partial charge on any atom is -0.0679 e. The fraction of sp³-hybridized carbons (Fsp3) is 0.333. The van der Waals surface area contributed by atoms with Crippen molar-refractivity contribution in [1.82, 2.24) is 0 Å². The van der Waals surface area contributed by atoms with Gasteiger partial charge in [-0.15, -0.1) is 0 Å². The lowest BCUT2D eigenvalue weighted by Crippen LogP contribution is -2.11. The highest BCUT2D eigenvalue weighted by Crippen LogP contribution is 1.92. The summed E-state index contributed by atoms with van der Waals surface area (Å²) in [7, 11) is 0.983. The molecule has 1 rings (SSSR count). The zero-order valence-electron chi connectivity index (χ0n) is 6.52. The van der Waals surface area contributed by atoms with Gasteiger partial charge in [0, 0.05) is 0 Å². The third-order valence-electron chi connectivity index (χ3n) is 1.43. The number of hydrogen-bond acceptors (Lipinski definition) is 0. The summed E-state index contributed by atoms with van der Waals surface area (Å²) >= 11 is 0. The molecule has 0 aliphatic heterocycles. The van der Waals surface area contributed by atoms with Crippen LogP contribution in [0, 0.1) is 6.92 Å². The van der Waals surface area contributed by atoms with Gasteiger partial charge in [-0.3, -0.25) is 0 Å². The molecule has 10 heavy (non-hydrogen) atoms. The summed E-state index contributed by atoms with van der Waals surface area (Å²) < 4.78 is 0. The minimum absolute atomic E-state index is 0.983. The summed E-state index contributed by atoms with van der Waals surface area (Å²) in [6.45, 7) is 4.34. The maximum absolute atomic E-state index is 2.22. The summed E-state index contributed by atoms with van der Waals surface area (Å²) in [4.78, 5) is 0. The van der Waals surface area contributed by atoms with Gasteiger partial charge in [-0.1, -0.05) is 48.0 Å². The molecule has 1 aromatic rings. The molecular formula is C9H12Si. The lowest BCUT2D eigenvalue weighted by atomic mass is 10.2. The van der Waals surface area contributed by atoms with Crippen LogP contribution in [0.2, 0.25) is 6.04 Å². The van der Waals surface area contributed by atoms with Crippen molar-refractivity contribution in [2.24, 2.45) is 0 Å². The van der Waals surface area contributed by atoms with E-state index in [9.17, 15) is 0 Å². The molecule has 0 spiro atoms. The van der Waals surface area contributed by atoms with Crippen LogP contribution in [0.15, 0.2) is 24.3 Å². The molecule has 0 bridgehead atoms. The summed E-state index contributed by atoms with van der Waals surface area (Å²) in [6, 6.07) is 10.1. The molecule has 0 aromatic heterocycles. The second kappa shape index (κ2) is 3.57. The topological polar surface area (TPSA) is 0 Å². The van der Waals surface area contributed by atoms with Crippen LogP contribution < -0.4 is 5.19 Å². The van der Waals surface area contributed by atoms with Gasteiger partial charge in [-0.05, 0) is 6.92 Å². The standard InChI is InChI=1S/C9H12Si/c1-3-10-9-6-4-8(2)5-7-9/h4-7H,3H2,1-2H3. The molecule has 0 saturated heterocycles.